The number of hydrogen-bond acceptors (Lipinski definition) is 3. The second-order valence-electron chi connectivity index (χ2n) is 8.57. The first kappa shape index (κ1) is 24.5. The van der Waals surface area contributed by atoms with Crippen LogP contribution >= 0.6 is 27.5 Å². The fourth-order valence-electron chi connectivity index (χ4n) is 4.65. The number of ether oxygens (including phenoxy) is 2. The van der Waals surface area contributed by atoms with Crippen LogP contribution in [0.2, 0.25) is 5.02 Å². The lowest BCUT2D eigenvalue weighted by Crippen LogP contribution is -2.32. The third-order valence-corrected chi connectivity index (χ3v) is 7.06. The van der Waals surface area contributed by atoms with Crippen LogP contribution in [0.3, 0.4) is 0 Å². The second-order valence-corrected chi connectivity index (χ2v) is 9.89. The molecule has 4 nitrogen and oxygen atoms in total. The largest absolute Gasteiger partial charge is 0.482 e. The van der Waals surface area contributed by atoms with Crippen LogP contribution in [0, 0.1) is 5.92 Å². The van der Waals surface area contributed by atoms with Gasteiger partial charge >= 0.3 is 5.97 Å². The minimum absolute atomic E-state index is 0.0181. The van der Waals surface area contributed by atoms with E-state index in [1.165, 1.54) is 0 Å². The quantitative estimate of drug-likeness (QED) is 0.311. The van der Waals surface area contributed by atoms with E-state index in [1.54, 1.807) is 6.07 Å². The zero-order valence-corrected chi connectivity index (χ0v) is 21.1. The summed E-state index contributed by atoms with van der Waals surface area (Å²) in [6.45, 7) is 5.85. The van der Waals surface area contributed by atoms with Crippen molar-refractivity contribution in [3.8, 4) is 5.75 Å². The molecular formula is C28H26BrClO4. The van der Waals surface area contributed by atoms with Crippen LogP contribution < -0.4 is 4.74 Å². The Hall–Kier alpha value is -2.60. The average molecular weight is 542 g/mol. The molecule has 1 N–H and O–H groups in total. The van der Waals surface area contributed by atoms with Gasteiger partial charge in [0, 0.05) is 26.9 Å². The highest BCUT2D eigenvalue weighted by atomic mass is 79.9. The van der Waals surface area contributed by atoms with E-state index in [2.05, 4.69) is 40.7 Å². The van der Waals surface area contributed by atoms with Crippen molar-refractivity contribution in [2.24, 2.45) is 5.92 Å². The fraction of sp³-hybridized carbons (Fsp3) is 0.250. The normalized spacial score (nSPS) is 22.2. The summed E-state index contributed by atoms with van der Waals surface area (Å²) < 4.78 is 13.4. The number of carbonyl (C=O) groups is 1. The van der Waals surface area contributed by atoms with Gasteiger partial charge < -0.3 is 14.6 Å². The van der Waals surface area contributed by atoms with E-state index in [0.29, 0.717) is 10.8 Å². The van der Waals surface area contributed by atoms with Crippen LogP contribution in [0.25, 0.3) is 0 Å². The highest BCUT2D eigenvalue weighted by Crippen LogP contribution is 2.54. The van der Waals surface area contributed by atoms with Gasteiger partial charge in [0.1, 0.15) is 5.75 Å². The van der Waals surface area contributed by atoms with Gasteiger partial charge in [-0.15, -0.1) is 0 Å². The zero-order valence-electron chi connectivity index (χ0n) is 18.8. The SMILES string of the molecule is C=C(C)[C@H]1C[C@H](c2ccccc2Cl)[C@H](c2ccccc2)O[C@@H]1c1cc(Br)ccc1OCC(=O)O. The van der Waals surface area contributed by atoms with Gasteiger partial charge in [0.2, 0.25) is 0 Å². The van der Waals surface area contributed by atoms with Crippen LogP contribution in [0.1, 0.15) is 48.2 Å². The minimum Gasteiger partial charge on any atom is -0.482 e. The Morgan fingerprint density at radius 2 is 1.79 bits per heavy atom. The average Bonchev–Trinajstić information content (AvgIpc) is 2.83. The molecule has 0 bridgehead atoms. The van der Waals surface area contributed by atoms with Crippen molar-refractivity contribution in [1.82, 2.24) is 0 Å². The van der Waals surface area contributed by atoms with E-state index in [9.17, 15) is 4.79 Å². The van der Waals surface area contributed by atoms with E-state index >= 15 is 0 Å². The van der Waals surface area contributed by atoms with Gasteiger partial charge in [-0.3, -0.25) is 0 Å². The molecule has 1 saturated heterocycles. The maximum Gasteiger partial charge on any atom is 0.341 e. The Kier molecular flexibility index (Phi) is 7.77. The Morgan fingerprint density at radius 1 is 1.09 bits per heavy atom. The van der Waals surface area contributed by atoms with Crippen molar-refractivity contribution in [3.05, 3.63) is 111 Å². The lowest BCUT2D eigenvalue weighted by atomic mass is 9.74. The molecule has 176 valence electrons. The first-order chi connectivity index (χ1) is 16.3. The Balaban J connectivity index is 1.81. The summed E-state index contributed by atoms with van der Waals surface area (Å²) in [5.74, 6) is -0.548. The predicted molar refractivity (Wildman–Crippen MR) is 137 cm³/mol. The number of halogens is 2. The third-order valence-electron chi connectivity index (χ3n) is 6.23. The first-order valence-corrected chi connectivity index (χ1v) is 12.3. The Morgan fingerprint density at radius 3 is 2.47 bits per heavy atom. The van der Waals surface area contributed by atoms with E-state index in [-0.39, 0.29) is 24.0 Å². The summed E-state index contributed by atoms with van der Waals surface area (Å²) in [5, 5.41) is 9.87. The molecule has 0 spiro atoms. The van der Waals surface area contributed by atoms with Gasteiger partial charge in [0.25, 0.3) is 0 Å². The molecule has 0 radical (unpaired) electrons. The summed E-state index contributed by atoms with van der Waals surface area (Å²) in [6, 6.07) is 23.6. The van der Waals surface area contributed by atoms with Crippen molar-refractivity contribution in [2.45, 2.75) is 31.5 Å². The minimum atomic E-state index is -1.03. The zero-order chi connectivity index (χ0) is 24.2. The van der Waals surface area contributed by atoms with E-state index in [1.807, 2.05) is 55.5 Å². The number of benzene rings is 3. The van der Waals surface area contributed by atoms with E-state index < -0.39 is 12.6 Å². The Labute approximate surface area is 213 Å². The molecule has 0 amide bonds. The molecule has 0 aliphatic carbocycles. The Bertz CT molecular complexity index is 1180. The highest BCUT2D eigenvalue weighted by Gasteiger charge is 2.42. The van der Waals surface area contributed by atoms with E-state index in [4.69, 9.17) is 26.2 Å². The molecule has 6 heteroatoms. The van der Waals surface area contributed by atoms with Gasteiger partial charge in [-0.2, -0.15) is 0 Å². The number of carboxylic acid groups (broad SMARTS) is 1. The molecular weight excluding hydrogens is 516 g/mol. The smallest absolute Gasteiger partial charge is 0.341 e. The molecule has 0 saturated carbocycles. The summed E-state index contributed by atoms with van der Waals surface area (Å²) in [5.41, 5.74) is 3.87. The van der Waals surface area contributed by atoms with Crippen molar-refractivity contribution >= 4 is 33.5 Å². The van der Waals surface area contributed by atoms with Crippen LogP contribution in [-0.4, -0.2) is 17.7 Å². The molecule has 34 heavy (non-hydrogen) atoms. The van der Waals surface area contributed by atoms with Gasteiger partial charge in [0.05, 0.1) is 12.2 Å². The molecule has 0 aromatic heterocycles. The highest BCUT2D eigenvalue weighted by molar-refractivity contribution is 9.10. The van der Waals surface area contributed by atoms with Crippen LogP contribution in [0.15, 0.2) is 89.4 Å². The molecule has 1 heterocycles. The maximum atomic E-state index is 11.2. The first-order valence-electron chi connectivity index (χ1n) is 11.1. The summed E-state index contributed by atoms with van der Waals surface area (Å²) in [4.78, 5) is 11.2. The molecule has 4 atom stereocenters. The van der Waals surface area contributed by atoms with Crippen LogP contribution in [-0.2, 0) is 9.53 Å². The fourth-order valence-corrected chi connectivity index (χ4v) is 5.30. The maximum absolute atomic E-state index is 11.2. The van der Waals surface area contributed by atoms with Crippen molar-refractivity contribution in [1.29, 1.82) is 0 Å². The van der Waals surface area contributed by atoms with Gasteiger partial charge in [-0.25, -0.2) is 4.79 Å². The lowest BCUT2D eigenvalue weighted by Gasteiger charge is -2.43. The number of aliphatic carboxylic acids is 1. The van der Waals surface area contributed by atoms with Gasteiger partial charge in [-0.05, 0) is 48.7 Å². The predicted octanol–water partition coefficient (Wildman–Crippen LogP) is 7.74. The van der Waals surface area contributed by atoms with Crippen molar-refractivity contribution in [2.75, 3.05) is 6.61 Å². The van der Waals surface area contributed by atoms with Crippen LogP contribution in [0.5, 0.6) is 5.75 Å². The molecule has 1 aliphatic rings. The molecule has 4 rings (SSSR count). The van der Waals surface area contributed by atoms with Crippen LogP contribution in [0.4, 0.5) is 0 Å². The third kappa shape index (κ3) is 5.38. The second kappa shape index (κ2) is 10.8. The number of carboxylic acids is 1. The summed E-state index contributed by atoms with van der Waals surface area (Å²) in [7, 11) is 0. The molecule has 1 aliphatic heterocycles. The molecule has 3 aromatic carbocycles. The monoisotopic (exact) mass is 540 g/mol. The van der Waals surface area contributed by atoms with E-state index in [0.717, 1.165) is 33.2 Å². The number of rotatable bonds is 7. The van der Waals surface area contributed by atoms with Crippen molar-refractivity contribution in [3.63, 3.8) is 0 Å². The van der Waals surface area contributed by atoms with Gasteiger partial charge in [-0.1, -0.05) is 88.2 Å². The van der Waals surface area contributed by atoms with Gasteiger partial charge in [0.15, 0.2) is 6.61 Å². The molecule has 1 fully saturated rings. The molecule has 0 unspecified atom stereocenters. The molecule has 3 aromatic rings. The number of hydrogen-bond donors (Lipinski definition) is 1. The topological polar surface area (TPSA) is 55.8 Å². The standard InChI is InChI=1S/C28H26BrClO4/c1-17(2)21-15-22(20-10-6-7-11-24(20)30)27(18-8-4-3-5-9-18)34-28(21)23-14-19(29)12-13-25(23)33-16-26(31)32/h3-14,21-22,27-28H,1,15-16H2,2H3,(H,31,32)/t21-,22-,27+,28+/m1/s1. The lowest BCUT2D eigenvalue weighted by molar-refractivity contribution is -0.139. The summed E-state index contributed by atoms with van der Waals surface area (Å²) >= 11 is 10.2. The summed E-state index contributed by atoms with van der Waals surface area (Å²) in [6.07, 6.45) is 0.143. The van der Waals surface area contributed by atoms with Crippen molar-refractivity contribution < 1.29 is 19.4 Å².